The zero-order valence-electron chi connectivity index (χ0n) is 26.5. The van der Waals surface area contributed by atoms with Gasteiger partial charge in [-0.1, -0.05) is 41.4 Å². The van der Waals surface area contributed by atoms with Crippen LogP contribution < -0.4 is 14.5 Å². The van der Waals surface area contributed by atoms with Crippen molar-refractivity contribution in [2.24, 2.45) is 5.92 Å². The third kappa shape index (κ3) is 10.3. The Bertz CT molecular complexity index is 1710. The van der Waals surface area contributed by atoms with Gasteiger partial charge in [-0.2, -0.15) is 13.1 Å². The maximum Gasteiger partial charge on any atom is 0.387 e. The number of esters is 1. The molecule has 0 bridgehead atoms. The number of pyridine rings is 1. The molecule has 10 nitrogen and oxygen atoms in total. The fraction of sp³-hybridized carbons (Fsp3) is 0.424. The number of sulfonamides is 1. The highest BCUT2D eigenvalue weighted by atomic mass is 35.5. The van der Waals surface area contributed by atoms with E-state index >= 15 is 0 Å². The van der Waals surface area contributed by atoms with Crippen molar-refractivity contribution >= 4 is 56.7 Å². The maximum atomic E-state index is 13.8. The second-order valence-electron chi connectivity index (χ2n) is 11.6. The highest BCUT2D eigenvalue weighted by Crippen LogP contribution is 2.39. The lowest BCUT2D eigenvalue weighted by molar-refractivity contribution is -0.377. The Morgan fingerprint density at radius 2 is 1.76 bits per heavy atom. The van der Waals surface area contributed by atoms with E-state index in [0.717, 1.165) is 34.5 Å². The Kier molecular flexibility index (Phi) is 13.7. The minimum atomic E-state index is -4.09. The molecule has 3 aromatic rings. The van der Waals surface area contributed by atoms with Crippen molar-refractivity contribution in [3.63, 3.8) is 0 Å². The number of H-pyrrole nitrogens is 1. The van der Waals surface area contributed by atoms with E-state index in [-0.39, 0.29) is 50.7 Å². The number of aryl methyl sites for hydroxylation is 1. The van der Waals surface area contributed by atoms with Crippen LogP contribution in [0.2, 0.25) is 10.0 Å². The van der Waals surface area contributed by atoms with Crippen LogP contribution in [0.1, 0.15) is 55.4 Å². The number of nitrogens with zero attached hydrogens (tertiary/aromatic N) is 1. The van der Waals surface area contributed by atoms with Crippen molar-refractivity contribution in [1.82, 2.24) is 4.31 Å². The molecule has 16 heteroatoms. The summed E-state index contributed by atoms with van der Waals surface area (Å²) in [5, 5.41) is -0.638. The molecular weight excluding hydrogens is 725 g/mol. The number of alkyl halides is 2. The first kappa shape index (κ1) is 38.8. The van der Waals surface area contributed by atoms with Gasteiger partial charge in [0, 0.05) is 30.7 Å². The number of carbonyl (C=O) groups is 2. The number of benzene rings is 2. The van der Waals surface area contributed by atoms with E-state index in [4.69, 9.17) is 32.7 Å². The lowest BCUT2D eigenvalue weighted by atomic mass is 10.0. The number of aromatic nitrogens is 1. The van der Waals surface area contributed by atoms with Crippen molar-refractivity contribution in [2.75, 3.05) is 18.9 Å². The van der Waals surface area contributed by atoms with E-state index in [9.17, 15) is 26.8 Å². The van der Waals surface area contributed by atoms with Gasteiger partial charge in [0.05, 0.1) is 11.5 Å². The minimum Gasteiger partial charge on any atom is -0.870 e. The van der Waals surface area contributed by atoms with Gasteiger partial charge in [0.2, 0.25) is 10.0 Å². The summed E-state index contributed by atoms with van der Waals surface area (Å²) < 4.78 is 71.5. The van der Waals surface area contributed by atoms with Gasteiger partial charge in [-0.15, -0.1) is 11.8 Å². The predicted molar refractivity (Wildman–Crippen MR) is 179 cm³/mol. The first-order valence-corrected chi connectivity index (χ1v) is 18.6. The molecule has 0 unspecified atom stereocenters. The second kappa shape index (κ2) is 17.3. The average molecular weight is 762 g/mol. The quantitative estimate of drug-likeness (QED) is 0.149. The number of carbonyl (C=O) groups excluding carboxylic acids is 2. The monoisotopic (exact) mass is 760 g/mol. The molecule has 0 spiro atoms. The number of hydrogen-bond donors (Lipinski definition) is 0. The second-order valence-corrected chi connectivity index (χ2v) is 15.5. The van der Waals surface area contributed by atoms with Crippen molar-refractivity contribution in [1.29, 1.82) is 0 Å². The normalized spacial score (nSPS) is 17.0. The fourth-order valence-electron chi connectivity index (χ4n) is 5.20. The number of Topliss-reactive ketones (excluding diaryl/α,β-unsaturated/α-hetero) is 1. The largest absolute Gasteiger partial charge is 0.870 e. The number of ether oxygens (including phenoxy) is 3. The molecule has 5 rings (SSSR count). The van der Waals surface area contributed by atoms with Crippen LogP contribution in [0.5, 0.6) is 11.5 Å². The topological polar surface area (TPSA) is 143 Å². The third-order valence-electron chi connectivity index (χ3n) is 7.95. The van der Waals surface area contributed by atoms with Crippen LogP contribution in [-0.2, 0) is 37.2 Å². The summed E-state index contributed by atoms with van der Waals surface area (Å²) >= 11 is 14.0. The average Bonchev–Trinajstić information content (AvgIpc) is 3.73. The van der Waals surface area contributed by atoms with Gasteiger partial charge in [0.15, 0.2) is 29.3 Å². The number of rotatable bonds is 16. The van der Waals surface area contributed by atoms with E-state index in [1.54, 1.807) is 12.1 Å². The summed E-state index contributed by atoms with van der Waals surface area (Å²) in [7, 11) is -4.09. The highest BCUT2D eigenvalue weighted by Gasteiger charge is 2.42. The highest BCUT2D eigenvalue weighted by molar-refractivity contribution is 8.02. The number of nitrogens with one attached hydrogen (secondary N) is 1. The van der Waals surface area contributed by atoms with Crippen LogP contribution in [0.4, 0.5) is 8.78 Å². The Balaban J connectivity index is 0.00000541. The molecule has 1 saturated carbocycles. The van der Waals surface area contributed by atoms with Crippen molar-refractivity contribution in [3.05, 3.63) is 81.6 Å². The van der Waals surface area contributed by atoms with E-state index in [0.29, 0.717) is 48.7 Å². The zero-order chi connectivity index (χ0) is 34.4. The molecule has 2 heterocycles. The van der Waals surface area contributed by atoms with E-state index in [1.165, 1.54) is 49.6 Å². The van der Waals surface area contributed by atoms with Crippen molar-refractivity contribution in [2.45, 2.75) is 68.4 Å². The molecule has 49 heavy (non-hydrogen) atoms. The molecule has 2 fully saturated rings. The molecule has 2 aliphatic rings. The van der Waals surface area contributed by atoms with Gasteiger partial charge in [-0.05, 0) is 73.9 Å². The Morgan fingerprint density at radius 3 is 2.39 bits per heavy atom. The molecule has 2 atom stereocenters. The summed E-state index contributed by atoms with van der Waals surface area (Å²) in [4.78, 5) is 27.9. The fourth-order valence-corrected chi connectivity index (χ4v) is 8.78. The van der Waals surface area contributed by atoms with Gasteiger partial charge in [0.1, 0.15) is 21.9 Å². The summed E-state index contributed by atoms with van der Waals surface area (Å²) in [5.74, 6) is -0.154. The van der Waals surface area contributed by atoms with E-state index in [1.807, 2.05) is 0 Å². The lowest BCUT2D eigenvalue weighted by Gasteiger charge is -2.26. The van der Waals surface area contributed by atoms with Crippen LogP contribution in [0.25, 0.3) is 0 Å². The predicted octanol–water partition coefficient (Wildman–Crippen LogP) is 6.52. The Labute approximate surface area is 297 Å². The molecule has 1 aromatic heterocycles. The van der Waals surface area contributed by atoms with Crippen LogP contribution in [0, 0.1) is 5.92 Å². The summed E-state index contributed by atoms with van der Waals surface area (Å²) in [5.41, 5.74) is 1.73. The number of ketones is 1. The van der Waals surface area contributed by atoms with Crippen LogP contribution in [-0.4, -0.2) is 60.8 Å². The molecular formula is C33H36Cl2F2N2O8S2. The zero-order valence-corrected chi connectivity index (χ0v) is 29.6. The van der Waals surface area contributed by atoms with Gasteiger partial charge in [-0.25, -0.2) is 18.2 Å². The first-order chi connectivity index (χ1) is 22.9. The molecule has 0 radical (unpaired) electrons. The minimum absolute atomic E-state index is 0. The summed E-state index contributed by atoms with van der Waals surface area (Å²) in [6, 6.07) is 10.7. The van der Waals surface area contributed by atoms with Crippen LogP contribution in [0.3, 0.4) is 0 Å². The standard InChI is InChI=1S/C33H34Cl2F2N2O7S2.H2O/c1-20(40)3-2-4-21-7-10-24(11-8-21)48(42,43)39-13-14-47-31(39)32(41)45-29(16-25-26(34)17-38-18-27(25)35)23-9-12-28(46-33(36)37)30(15-23)44-19-22-5-6-22;/h7-12,15,17-18,22,29,31,33H,2-6,13-14,16,19H2,1H3;1H2/t29-,31-;/m0./s1. The summed E-state index contributed by atoms with van der Waals surface area (Å²) in [6.45, 7) is -1.16. The number of aromatic amines is 1. The van der Waals surface area contributed by atoms with Gasteiger partial charge >= 0.3 is 12.6 Å². The van der Waals surface area contributed by atoms with Crippen molar-refractivity contribution < 1.29 is 51.5 Å². The SMILES string of the molecule is CC(=O)CCCc1ccc(S(=O)(=O)N2CCS[C@H]2C(=O)O[C@@H](Cc2c(Cl)c[nH+]cc2Cl)c2ccc(OC(F)F)c(OCC3CC3)c2)cc1.[OH-]. The van der Waals surface area contributed by atoms with E-state index < -0.39 is 34.1 Å². The van der Waals surface area contributed by atoms with Crippen LogP contribution in [0.15, 0.2) is 59.8 Å². The number of halogens is 4. The molecule has 2 N–H and O–H groups in total. The van der Waals surface area contributed by atoms with Gasteiger partial charge in [-0.3, -0.25) is 0 Å². The van der Waals surface area contributed by atoms with Gasteiger partial charge in [0.25, 0.3) is 0 Å². The van der Waals surface area contributed by atoms with E-state index in [2.05, 4.69) is 9.72 Å². The molecule has 1 aliphatic carbocycles. The Morgan fingerprint density at radius 1 is 1.06 bits per heavy atom. The Hall–Kier alpha value is -3.01. The lowest BCUT2D eigenvalue weighted by Crippen LogP contribution is -2.40. The number of hydrogen-bond acceptors (Lipinski definition) is 9. The summed E-state index contributed by atoms with van der Waals surface area (Å²) in [6.07, 6.45) is 5.64. The first-order valence-electron chi connectivity index (χ1n) is 15.4. The third-order valence-corrected chi connectivity index (χ3v) is 11.8. The molecule has 266 valence electrons. The maximum absolute atomic E-state index is 13.8. The molecule has 0 amide bonds. The molecule has 1 aliphatic heterocycles. The number of thioether (sulfide) groups is 1. The smallest absolute Gasteiger partial charge is 0.387 e. The molecule has 1 saturated heterocycles. The van der Waals surface area contributed by atoms with Crippen molar-refractivity contribution in [3.8, 4) is 11.5 Å². The van der Waals surface area contributed by atoms with Crippen LogP contribution >= 0.6 is 35.0 Å². The van der Waals surface area contributed by atoms with Gasteiger partial charge < -0.3 is 24.5 Å². The molecule has 2 aromatic carbocycles.